The average molecular weight is 482 g/mol. The molecule has 0 atom stereocenters. The van der Waals surface area contributed by atoms with Gasteiger partial charge in [-0.15, -0.1) is 0 Å². The molecule has 0 aliphatic carbocycles. The number of nitrogens with one attached hydrogen (secondary N) is 1. The standard InChI is InChI=1S/C26H21F3N2O4/c1-33-23-14-19-21(15-24(23)34-2)30-12-11-22(19)35-18-9-7-17(8-10-18)31-25(32)13-16-5-3-4-6-20(16)26(27,28)29/h3-12,14-15H,13H2,1-2H3,(H,31,32). The predicted molar refractivity (Wildman–Crippen MR) is 125 cm³/mol. The molecule has 1 heterocycles. The van der Waals surface area contributed by atoms with E-state index in [0.29, 0.717) is 39.6 Å². The number of rotatable bonds is 7. The quantitative estimate of drug-likeness (QED) is 0.338. The molecule has 0 saturated heterocycles. The molecule has 35 heavy (non-hydrogen) atoms. The summed E-state index contributed by atoms with van der Waals surface area (Å²) in [6.45, 7) is 0. The highest BCUT2D eigenvalue weighted by atomic mass is 19.4. The van der Waals surface area contributed by atoms with Gasteiger partial charge in [0.05, 0.1) is 31.7 Å². The van der Waals surface area contributed by atoms with E-state index in [0.717, 1.165) is 6.07 Å². The first-order chi connectivity index (χ1) is 16.8. The van der Waals surface area contributed by atoms with Gasteiger partial charge in [0.15, 0.2) is 11.5 Å². The summed E-state index contributed by atoms with van der Waals surface area (Å²) < 4.78 is 56.2. The number of amides is 1. The monoisotopic (exact) mass is 482 g/mol. The number of anilines is 1. The van der Waals surface area contributed by atoms with Crippen LogP contribution in [0.4, 0.5) is 18.9 Å². The first-order valence-corrected chi connectivity index (χ1v) is 10.5. The van der Waals surface area contributed by atoms with Crippen molar-refractivity contribution >= 4 is 22.5 Å². The van der Waals surface area contributed by atoms with Gasteiger partial charge in [0.1, 0.15) is 11.5 Å². The number of fused-ring (bicyclic) bond motifs is 1. The molecule has 1 N–H and O–H groups in total. The lowest BCUT2D eigenvalue weighted by Gasteiger charge is -2.13. The fourth-order valence-corrected chi connectivity index (χ4v) is 3.60. The third-order valence-corrected chi connectivity index (χ3v) is 5.25. The van der Waals surface area contributed by atoms with Gasteiger partial charge < -0.3 is 19.5 Å². The van der Waals surface area contributed by atoms with Gasteiger partial charge in [-0.2, -0.15) is 13.2 Å². The molecule has 4 rings (SSSR count). The number of hydrogen-bond donors (Lipinski definition) is 1. The molecule has 0 radical (unpaired) electrons. The Kier molecular flexibility index (Phi) is 6.77. The van der Waals surface area contributed by atoms with Crippen LogP contribution in [-0.2, 0) is 17.4 Å². The van der Waals surface area contributed by atoms with Crippen LogP contribution in [0.2, 0.25) is 0 Å². The minimum absolute atomic E-state index is 0.0888. The highest BCUT2D eigenvalue weighted by molar-refractivity contribution is 5.92. The SMILES string of the molecule is COc1cc2nccc(Oc3ccc(NC(=O)Cc4ccccc4C(F)(F)F)cc3)c2cc1OC. The summed E-state index contributed by atoms with van der Waals surface area (Å²) in [6.07, 6.45) is -3.32. The Hall–Kier alpha value is -4.27. The largest absolute Gasteiger partial charge is 0.493 e. The van der Waals surface area contributed by atoms with Gasteiger partial charge >= 0.3 is 6.18 Å². The maximum Gasteiger partial charge on any atom is 0.416 e. The second kappa shape index (κ2) is 9.92. The molecule has 6 nitrogen and oxygen atoms in total. The fourth-order valence-electron chi connectivity index (χ4n) is 3.60. The van der Waals surface area contributed by atoms with Gasteiger partial charge in [-0.3, -0.25) is 9.78 Å². The molecular weight excluding hydrogens is 461 g/mol. The molecule has 1 aromatic heterocycles. The Labute approximate surface area is 199 Å². The van der Waals surface area contributed by atoms with Crippen LogP contribution in [0.15, 0.2) is 72.9 Å². The third-order valence-electron chi connectivity index (χ3n) is 5.25. The van der Waals surface area contributed by atoms with Crippen LogP contribution in [0.5, 0.6) is 23.0 Å². The van der Waals surface area contributed by atoms with Crippen LogP contribution < -0.4 is 19.5 Å². The van der Waals surface area contributed by atoms with Gasteiger partial charge in [-0.1, -0.05) is 18.2 Å². The Morgan fingerprint density at radius 2 is 1.60 bits per heavy atom. The summed E-state index contributed by atoms with van der Waals surface area (Å²) in [6, 6.07) is 16.7. The molecule has 0 bridgehead atoms. The van der Waals surface area contributed by atoms with Crippen LogP contribution >= 0.6 is 0 Å². The Morgan fingerprint density at radius 1 is 0.914 bits per heavy atom. The van der Waals surface area contributed by atoms with Crippen LogP contribution in [0, 0.1) is 0 Å². The molecule has 0 fully saturated rings. The first kappa shape index (κ1) is 23.9. The van der Waals surface area contributed by atoms with Gasteiger partial charge in [-0.25, -0.2) is 0 Å². The second-order valence-corrected chi connectivity index (χ2v) is 7.54. The van der Waals surface area contributed by atoms with Crippen molar-refractivity contribution in [3.63, 3.8) is 0 Å². The lowest BCUT2D eigenvalue weighted by Crippen LogP contribution is -2.17. The van der Waals surface area contributed by atoms with Gasteiger partial charge in [-0.05, 0) is 48.0 Å². The van der Waals surface area contributed by atoms with Crippen molar-refractivity contribution < 1.29 is 32.2 Å². The van der Waals surface area contributed by atoms with Crippen LogP contribution in [-0.4, -0.2) is 25.1 Å². The number of hydrogen-bond acceptors (Lipinski definition) is 5. The first-order valence-electron chi connectivity index (χ1n) is 10.5. The third kappa shape index (κ3) is 5.46. The van der Waals surface area contributed by atoms with E-state index in [2.05, 4.69) is 10.3 Å². The predicted octanol–water partition coefficient (Wildman–Crippen LogP) is 6.24. The molecule has 1 amide bonds. The number of methoxy groups -OCH3 is 2. The smallest absolute Gasteiger partial charge is 0.416 e. The molecule has 0 unspecified atom stereocenters. The number of aromatic nitrogens is 1. The average Bonchev–Trinajstić information content (AvgIpc) is 2.84. The van der Waals surface area contributed by atoms with Gasteiger partial charge in [0, 0.05) is 23.3 Å². The molecule has 180 valence electrons. The summed E-state index contributed by atoms with van der Waals surface area (Å²) in [4.78, 5) is 16.7. The molecule has 0 aliphatic heterocycles. The number of pyridine rings is 1. The Morgan fingerprint density at radius 3 is 2.29 bits per heavy atom. The maximum atomic E-state index is 13.2. The normalized spacial score (nSPS) is 11.2. The molecule has 3 aromatic carbocycles. The number of carbonyl (C=O) groups is 1. The highest BCUT2D eigenvalue weighted by Crippen LogP contribution is 2.37. The van der Waals surface area contributed by atoms with Crippen molar-refractivity contribution in [2.45, 2.75) is 12.6 Å². The van der Waals surface area contributed by atoms with E-state index < -0.39 is 24.1 Å². The number of alkyl halides is 3. The zero-order valence-electron chi connectivity index (χ0n) is 18.8. The summed E-state index contributed by atoms with van der Waals surface area (Å²) in [7, 11) is 3.08. The minimum atomic E-state index is -4.53. The number of benzene rings is 3. The molecule has 9 heteroatoms. The lowest BCUT2D eigenvalue weighted by molar-refractivity contribution is -0.138. The molecule has 0 aliphatic rings. The lowest BCUT2D eigenvalue weighted by atomic mass is 10.0. The van der Waals surface area contributed by atoms with Gasteiger partial charge in [0.2, 0.25) is 5.91 Å². The molecule has 0 spiro atoms. The van der Waals surface area contributed by atoms with Crippen molar-refractivity contribution in [3.8, 4) is 23.0 Å². The van der Waals surface area contributed by atoms with Crippen molar-refractivity contribution in [1.29, 1.82) is 0 Å². The minimum Gasteiger partial charge on any atom is -0.493 e. The van der Waals surface area contributed by atoms with E-state index in [4.69, 9.17) is 14.2 Å². The van der Waals surface area contributed by atoms with Crippen LogP contribution in [0.25, 0.3) is 10.9 Å². The summed E-state index contributed by atoms with van der Waals surface area (Å²) in [5, 5.41) is 3.33. The van der Waals surface area contributed by atoms with Crippen molar-refractivity contribution in [1.82, 2.24) is 4.98 Å². The van der Waals surface area contributed by atoms with E-state index in [-0.39, 0.29) is 5.56 Å². The molecule has 4 aromatic rings. The fraction of sp³-hybridized carbons (Fsp3) is 0.154. The summed E-state index contributed by atoms with van der Waals surface area (Å²) in [5.41, 5.74) is 0.174. The number of nitrogens with zero attached hydrogens (tertiary/aromatic N) is 1. The van der Waals surface area contributed by atoms with Crippen molar-refractivity contribution in [3.05, 3.63) is 84.1 Å². The van der Waals surface area contributed by atoms with E-state index in [1.165, 1.54) is 25.3 Å². The van der Waals surface area contributed by atoms with E-state index in [1.807, 2.05) is 0 Å². The number of carbonyl (C=O) groups excluding carboxylic acids is 1. The second-order valence-electron chi connectivity index (χ2n) is 7.54. The number of halogens is 3. The van der Waals surface area contributed by atoms with E-state index in [9.17, 15) is 18.0 Å². The van der Waals surface area contributed by atoms with E-state index >= 15 is 0 Å². The molecule has 0 saturated carbocycles. The zero-order valence-corrected chi connectivity index (χ0v) is 18.8. The topological polar surface area (TPSA) is 69.7 Å². The Balaban J connectivity index is 1.48. The zero-order chi connectivity index (χ0) is 25.0. The van der Waals surface area contributed by atoms with Gasteiger partial charge in [0.25, 0.3) is 0 Å². The van der Waals surface area contributed by atoms with Crippen molar-refractivity contribution in [2.24, 2.45) is 0 Å². The Bertz CT molecular complexity index is 1360. The van der Waals surface area contributed by atoms with Crippen LogP contribution in [0.1, 0.15) is 11.1 Å². The summed E-state index contributed by atoms with van der Waals surface area (Å²) >= 11 is 0. The van der Waals surface area contributed by atoms with Crippen molar-refractivity contribution in [2.75, 3.05) is 19.5 Å². The molecular formula is C26H21F3N2O4. The van der Waals surface area contributed by atoms with Crippen LogP contribution in [0.3, 0.4) is 0 Å². The maximum absolute atomic E-state index is 13.2. The summed E-state index contributed by atoms with van der Waals surface area (Å²) in [5.74, 6) is 1.55. The van der Waals surface area contributed by atoms with E-state index in [1.54, 1.807) is 55.8 Å². The highest BCUT2D eigenvalue weighted by Gasteiger charge is 2.33. The number of ether oxygens (including phenoxy) is 3.